The van der Waals surface area contributed by atoms with Gasteiger partial charge in [0.2, 0.25) is 0 Å². The first-order chi connectivity index (χ1) is 3.42. The third-order valence-electron chi connectivity index (χ3n) is 0.452. The average Bonchev–Trinajstić information content (AvgIpc) is 1.21. The van der Waals surface area contributed by atoms with Crippen LogP contribution in [-0.2, 0) is 10.1 Å². The summed E-state index contributed by atoms with van der Waals surface area (Å²) in [6.07, 6.45) is -0.995. The molecule has 0 aliphatic rings. The van der Waals surface area contributed by atoms with Crippen molar-refractivity contribution in [2.24, 2.45) is 0 Å². The first-order valence-electron chi connectivity index (χ1n) is 2.05. The van der Waals surface area contributed by atoms with Crippen molar-refractivity contribution in [2.45, 2.75) is 13.0 Å². The summed E-state index contributed by atoms with van der Waals surface area (Å²) in [5.41, 5.74) is 0. The van der Waals surface area contributed by atoms with Gasteiger partial charge in [0.1, 0.15) is 5.75 Å². The van der Waals surface area contributed by atoms with Gasteiger partial charge in [-0.3, -0.25) is 4.55 Å². The van der Waals surface area contributed by atoms with E-state index in [1.165, 1.54) is 6.92 Å². The molecule has 0 saturated carbocycles. The Bertz CT molecular complexity index is 150. The molecule has 0 aromatic carbocycles. The Morgan fingerprint density at radius 1 is 1.50 bits per heavy atom. The van der Waals surface area contributed by atoms with Gasteiger partial charge in [-0.1, -0.05) is 0 Å². The van der Waals surface area contributed by atoms with Crippen LogP contribution in [0.4, 0.5) is 0 Å². The van der Waals surface area contributed by atoms with E-state index in [0.717, 1.165) is 0 Å². The van der Waals surface area contributed by atoms with Gasteiger partial charge in [0.05, 0.1) is 6.10 Å². The van der Waals surface area contributed by atoms with Crippen molar-refractivity contribution >= 4 is 39.7 Å². The Balaban J connectivity index is -0.000000245. The van der Waals surface area contributed by atoms with Gasteiger partial charge in [0, 0.05) is 0 Å². The van der Waals surface area contributed by atoms with Crippen LogP contribution < -0.4 is 0 Å². The molecule has 0 rings (SSSR count). The van der Waals surface area contributed by atoms with Gasteiger partial charge in [-0.2, -0.15) is 8.42 Å². The van der Waals surface area contributed by atoms with Crippen molar-refractivity contribution in [3.63, 3.8) is 0 Å². The van der Waals surface area contributed by atoms with Gasteiger partial charge >= 0.3 is 29.6 Å². The zero-order chi connectivity index (χ0) is 6.78. The number of hydrogen-bond donors (Lipinski definition) is 2. The molecule has 0 saturated heterocycles. The second kappa shape index (κ2) is 6.53. The normalized spacial score (nSPS) is 12.7. The van der Waals surface area contributed by atoms with Crippen LogP contribution in [0.25, 0.3) is 0 Å². The molecule has 4 N–H and O–H groups in total. The summed E-state index contributed by atoms with van der Waals surface area (Å²) in [5, 5.41) is 8.35. The second-order valence-corrected chi connectivity index (χ2v) is 3.09. The molecule has 0 bridgehead atoms. The minimum atomic E-state index is -3.97. The fourth-order valence-corrected chi connectivity index (χ4v) is 0.914. The molecule has 0 fully saturated rings. The monoisotopic (exact) mass is 182 g/mol. The molecular formula is C3H11NaO5S. The Labute approximate surface area is 81.8 Å². The Morgan fingerprint density at radius 2 is 1.80 bits per heavy atom. The van der Waals surface area contributed by atoms with E-state index in [2.05, 4.69) is 0 Å². The van der Waals surface area contributed by atoms with Gasteiger partial charge in [0.25, 0.3) is 10.1 Å². The Morgan fingerprint density at radius 3 is 1.80 bits per heavy atom. The van der Waals surface area contributed by atoms with E-state index in [9.17, 15) is 8.42 Å². The molecule has 1 atom stereocenters. The SMILES string of the molecule is CC(O)CS(=O)(=O)O.O.[NaH]. The fourth-order valence-electron chi connectivity index (χ4n) is 0.305. The molecule has 0 amide bonds. The van der Waals surface area contributed by atoms with Crippen molar-refractivity contribution in [3.8, 4) is 0 Å². The summed E-state index contributed by atoms with van der Waals surface area (Å²) in [4.78, 5) is 0. The maximum absolute atomic E-state index is 9.84. The first-order valence-corrected chi connectivity index (χ1v) is 3.66. The molecule has 5 nitrogen and oxygen atoms in total. The quantitative estimate of drug-likeness (QED) is 0.372. The standard InChI is InChI=1S/C3H8O4S.Na.H2O.H/c1-3(4)2-8(5,6)7;;;/h3-4H,2H2,1H3,(H,5,6,7);;1H2;. The molecule has 1 unspecified atom stereocenters. The Hall–Kier alpha value is 0.830. The molecule has 7 heteroatoms. The summed E-state index contributed by atoms with van der Waals surface area (Å²) in [6.45, 7) is 1.29. The van der Waals surface area contributed by atoms with Crippen LogP contribution in [0.3, 0.4) is 0 Å². The number of aliphatic hydroxyl groups is 1. The predicted molar refractivity (Wildman–Crippen MR) is 38.9 cm³/mol. The van der Waals surface area contributed by atoms with E-state index < -0.39 is 22.0 Å². The Kier molecular flexibility index (Phi) is 11.2. The first kappa shape index (κ1) is 17.1. The average molecular weight is 182 g/mol. The molecule has 0 radical (unpaired) electrons. The van der Waals surface area contributed by atoms with E-state index in [1.54, 1.807) is 0 Å². The van der Waals surface area contributed by atoms with Gasteiger partial charge in [-0.05, 0) is 6.92 Å². The second-order valence-electron chi connectivity index (χ2n) is 1.60. The summed E-state index contributed by atoms with van der Waals surface area (Å²) in [6, 6.07) is 0. The van der Waals surface area contributed by atoms with Crippen LogP contribution in [0.1, 0.15) is 6.92 Å². The fraction of sp³-hybridized carbons (Fsp3) is 1.00. The van der Waals surface area contributed by atoms with Crippen LogP contribution in [0, 0.1) is 0 Å². The predicted octanol–water partition coefficient (Wildman–Crippen LogP) is -2.22. The van der Waals surface area contributed by atoms with E-state index in [4.69, 9.17) is 9.66 Å². The van der Waals surface area contributed by atoms with Crippen LogP contribution >= 0.6 is 0 Å². The van der Waals surface area contributed by atoms with Crippen LogP contribution in [-0.4, -0.2) is 65.0 Å². The van der Waals surface area contributed by atoms with Gasteiger partial charge < -0.3 is 10.6 Å². The van der Waals surface area contributed by atoms with Crippen LogP contribution in [0.5, 0.6) is 0 Å². The summed E-state index contributed by atoms with van der Waals surface area (Å²) >= 11 is 0. The zero-order valence-corrected chi connectivity index (χ0v) is 5.72. The van der Waals surface area contributed by atoms with E-state index in [1.807, 2.05) is 0 Å². The van der Waals surface area contributed by atoms with E-state index >= 15 is 0 Å². The molecule has 10 heavy (non-hydrogen) atoms. The van der Waals surface area contributed by atoms with Crippen molar-refractivity contribution in [3.05, 3.63) is 0 Å². The number of rotatable bonds is 2. The molecule has 0 aromatic heterocycles. The summed E-state index contributed by atoms with van der Waals surface area (Å²) in [5.74, 6) is -0.590. The van der Waals surface area contributed by atoms with Crippen LogP contribution in [0.15, 0.2) is 0 Å². The number of hydrogen-bond acceptors (Lipinski definition) is 3. The van der Waals surface area contributed by atoms with Crippen molar-refractivity contribution in [2.75, 3.05) is 5.75 Å². The molecule has 60 valence electrons. The molecule has 0 aromatic rings. The molecule has 0 spiro atoms. The zero-order valence-electron chi connectivity index (χ0n) is 4.90. The number of aliphatic hydroxyl groups excluding tert-OH is 1. The third kappa shape index (κ3) is 15.9. The van der Waals surface area contributed by atoms with Gasteiger partial charge in [0.15, 0.2) is 0 Å². The maximum atomic E-state index is 9.84. The van der Waals surface area contributed by atoms with Crippen LogP contribution in [0.2, 0.25) is 0 Å². The molecule has 0 aliphatic carbocycles. The summed E-state index contributed by atoms with van der Waals surface area (Å²) in [7, 11) is -3.97. The van der Waals surface area contributed by atoms with Crippen molar-refractivity contribution < 1.29 is 23.6 Å². The van der Waals surface area contributed by atoms with Gasteiger partial charge in [-0.15, -0.1) is 0 Å². The van der Waals surface area contributed by atoms with Gasteiger partial charge in [-0.25, -0.2) is 0 Å². The molecule has 0 aliphatic heterocycles. The van der Waals surface area contributed by atoms with E-state index in [0.29, 0.717) is 0 Å². The van der Waals surface area contributed by atoms with Crippen molar-refractivity contribution in [1.29, 1.82) is 0 Å². The topological polar surface area (TPSA) is 106 Å². The molecular weight excluding hydrogens is 171 g/mol. The third-order valence-corrected chi connectivity index (χ3v) is 1.36. The summed E-state index contributed by atoms with van der Waals surface area (Å²) < 4.78 is 27.7. The minimum absolute atomic E-state index is 0. The van der Waals surface area contributed by atoms with E-state index in [-0.39, 0.29) is 35.0 Å². The van der Waals surface area contributed by atoms with Crippen molar-refractivity contribution in [1.82, 2.24) is 0 Å². The molecule has 0 heterocycles.